The van der Waals surface area contributed by atoms with Crippen LogP contribution in [0.5, 0.6) is 17.2 Å². The molecule has 0 amide bonds. The molecule has 0 saturated carbocycles. The zero-order valence-electron chi connectivity index (χ0n) is 9.06. The molecular weight excluding hydrogens is 204 g/mol. The Morgan fingerprint density at radius 1 is 1.14 bits per heavy atom. The van der Waals surface area contributed by atoms with Gasteiger partial charge in [-0.1, -0.05) is 0 Å². The van der Waals surface area contributed by atoms with Gasteiger partial charge in [-0.15, -0.1) is 0 Å². The largest absolute Gasteiger partial charge is 2.00 e. The monoisotopic (exact) mass is 214 g/mol. The van der Waals surface area contributed by atoms with Crippen LogP contribution in [0, 0.1) is 0 Å². The smallest absolute Gasteiger partial charge is 1.00 e. The van der Waals surface area contributed by atoms with Crippen LogP contribution in [0.2, 0.25) is 0 Å². The van der Waals surface area contributed by atoms with Gasteiger partial charge in [0.2, 0.25) is 0 Å². The van der Waals surface area contributed by atoms with E-state index >= 15 is 0 Å². The number of hydrogen-bond acceptors (Lipinski definition) is 4. The molecule has 1 aromatic rings. The number of carbonyl (C=O) groups is 1. The Hall–Kier alpha value is -1.18. The molecule has 0 aromatic heterocycles. The van der Waals surface area contributed by atoms with Gasteiger partial charge in [0, 0.05) is 0 Å². The van der Waals surface area contributed by atoms with Crippen molar-refractivity contribution in [1.29, 1.82) is 0 Å². The van der Waals surface area contributed by atoms with E-state index in [0.29, 0.717) is 0 Å². The average molecular weight is 214 g/mol. The second-order valence-corrected chi connectivity index (χ2v) is 2.17. The van der Waals surface area contributed by atoms with Crippen molar-refractivity contribution in [2.75, 3.05) is 0 Å². The fourth-order valence-corrected chi connectivity index (χ4v) is 0.728. The Balaban J connectivity index is -0.000000180. The summed E-state index contributed by atoms with van der Waals surface area (Å²) in [6.07, 6.45) is 0. The molecule has 0 spiro atoms. The Kier molecular flexibility index (Phi) is 6.04. The van der Waals surface area contributed by atoms with Crippen LogP contribution in [-0.4, -0.2) is 54.9 Å². The third-order valence-corrected chi connectivity index (χ3v) is 1.32. The fourth-order valence-electron chi connectivity index (χ4n) is 0.728. The van der Waals surface area contributed by atoms with Crippen LogP contribution >= 0.6 is 0 Å². The van der Waals surface area contributed by atoms with E-state index in [4.69, 9.17) is 20.4 Å². The quantitative estimate of drug-likeness (QED) is 0.371. The maximum Gasteiger partial charge on any atom is 2.00 e. The molecule has 1 aromatic carbocycles. The molecule has 0 unspecified atom stereocenters. The van der Waals surface area contributed by atoms with E-state index in [0.717, 1.165) is 12.1 Å². The van der Waals surface area contributed by atoms with Crippen molar-refractivity contribution >= 4 is 29.0 Å². The van der Waals surface area contributed by atoms with Crippen molar-refractivity contribution in [3.05, 3.63) is 17.7 Å². The van der Waals surface area contributed by atoms with Gasteiger partial charge in [-0.25, -0.2) is 4.79 Å². The van der Waals surface area contributed by atoms with Crippen molar-refractivity contribution in [3.63, 3.8) is 0 Å². The molecule has 76 valence electrons. The van der Waals surface area contributed by atoms with Crippen LogP contribution in [0.1, 0.15) is 13.2 Å². The molecule has 0 fully saturated rings. The second-order valence-electron chi connectivity index (χ2n) is 2.17. The molecule has 1 rings (SSSR count). The topological polar surface area (TPSA) is 129 Å². The summed E-state index contributed by atoms with van der Waals surface area (Å²) >= 11 is 0. The standard InChI is InChI=1S/C7H6O5.Mg.H2O.2H/c8-4-1-3(7(11)12)2-5(9)6(4)10;;;;/h1-2,8-10H,(H,11,12);;1H2;;/q;+2;;2*-1. The van der Waals surface area contributed by atoms with E-state index in [-0.39, 0.29) is 36.9 Å². The molecule has 0 heterocycles. The first-order valence-corrected chi connectivity index (χ1v) is 3.00. The summed E-state index contributed by atoms with van der Waals surface area (Å²) in [5.41, 5.74) is -0.289. The first kappa shape index (κ1) is 15.3. The van der Waals surface area contributed by atoms with Crippen LogP contribution in [0.4, 0.5) is 0 Å². The predicted molar refractivity (Wildman–Crippen MR) is 50.0 cm³/mol. The van der Waals surface area contributed by atoms with Crippen LogP contribution in [-0.2, 0) is 0 Å². The first-order chi connectivity index (χ1) is 5.52. The van der Waals surface area contributed by atoms with Gasteiger partial charge in [-0.3, -0.25) is 0 Å². The molecule has 6 N–H and O–H groups in total. The number of aromatic carboxylic acids is 1. The Labute approximate surface area is 97.9 Å². The Morgan fingerprint density at radius 3 is 1.79 bits per heavy atom. The van der Waals surface area contributed by atoms with E-state index < -0.39 is 23.2 Å². The summed E-state index contributed by atoms with van der Waals surface area (Å²) in [5.74, 6) is -3.33. The summed E-state index contributed by atoms with van der Waals surface area (Å²) in [6.45, 7) is 0. The van der Waals surface area contributed by atoms with Gasteiger partial charge in [0.15, 0.2) is 17.2 Å². The van der Waals surface area contributed by atoms with Crippen molar-refractivity contribution in [1.82, 2.24) is 0 Å². The van der Waals surface area contributed by atoms with Gasteiger partial charge in [0.1, 0.15) is 0 Å². The Morgan fingerprint density at radius 2 is 1.50 bits per heavy atom. The summed E-state index contributed by atoms with van der Waals surface area (Å²) < 4.78 is 0. The van der Waals surface area contributed by atoms with Gasteiger partial charge in [0.25, 0.3) is 0 Å². The Bertz CT molecular complexity index is 323. The van der Waals surface area contributed by atoms with Gasteiger partial charge in [-0.05, 0) is 12.1 Å². The van der Waals surface area contributed by atoms with Crippen LogP contribution in [0.15, 0.2) is 12.1 Å². The molecule has 0 aliphatic carbocycles. The predicted octanol–water partition coefficient (Wildman–Crippen LogP) is -0.479. The minimum absolute atomic E-state index is 0. The molecule has 7 heteroatoms. The van der Waals surface area contributed by atoms with Crippen LogP contribution in [0.3, 0.4) is 0 Å². The van der Waals surface area contributed by atoms with Crippen molar-refractivity contribution in [2.24, 2.45) is 0 Å². The van der Waals surface area contributed by atoms with E-state index in [2.05, 4.69) is 0 Å². The van der Waals surface area contributed by atoms with Gasteiger partial charge < -0.3 is 28.8 Å². The molecular formula is C7H10MgO6. The van der Waals surface area contributed by atoms with Crippen LogP contribution < -0.4 is 0 Å². The van der Waals surface area contributed by atoms with Gasteiger partial charge >= 0.3 is 29.0 Å². The van der Waals surface area contributed by atoms with E-state index in [1.54, 1.807) is 0 Å². The molecule has 0 radical (unpaired) electrons. The van der Waals surface area contributed by atoms with Crippen molar-refractivity contribution in [3.8, 4) is 17.2 Å². The van der Waals surface area contributed by atoms with E-state index in [9.17, 15) is 4.79 Å². The number of phenols is 3. The summed E-state index contributed by atoms with van der Waals surface area (Å²) in [4.78, 5) is 10.3. The SMILES string of the molecule is O.O=C(O)c1cc(O)c(O)c(O)c1.[H-].[H-].[Mg+2]. The van der Waals surface area contributed by atoms with Crippen molar-refractivity contribution < 1.29 is 33.6 Å². The van der Waals surface area contributed by atoms with E-state index in [1.807, 2.05) is 0 Å². The molecule has 0 atom stereocenters. The zero-order chi connectivity index (χ0) is 9.30. The summed E-state index contributed by atoms with van der Waals surface area (Å²) in [6, 6.07) is 1.69. The van der Waals surface area contributed by atoms with Crippen LogP contribution in [0.25, 0.3) is 0 Å². The van der Waals surface area contributed by atoms with Gasteiger partial charge in [-0.2, -0.15) is 0 Å². The average Bonchev–Trinajstić information content (AvgIpc) is 1.99. The molecule has 6 nitrogen and oxygen atoms in total. The molecule has 0 bridgehead atoms. The number of benzene rings is 1. The molecule has 0 aliphatic rings. The van der Waals surface area contributed by atoms with Crippen molar-refractivity contribution in [2.45, 2.75) is 0 Å². The number of carboxylic acids is 1. The number of phenolic OH excluding ortho intramolecular Hbond substituents is 3. The zero-order valence-corrected chi connectivity index (χ0v) is 8.47. The second kappa shape index (κ2) is 5.53. The number of aromatic hydroxyl groups is 3. The third-order valence-electron chi connectivity index (χ3n) is 1.32. The maximum absolute atomic E-state index is 10.3. The summed E-state index contributed by atoms with van der Waals surface area (Å²) in [5, 5.41) is 35.0. The first-order valence-electron chi connectivity index (χ1n) is 3.00. The minimum Gasteiger partial charge on any atom is -1.00 e. The molecule has 0 aliphatic heterocycles. The molecule has 14 heavy (non-hydrogen) atoms. The number of carboxylic acid groups (broad SMARTS) is 1. The number of rotatable bonds is 1. The molecule has 0 saturated heterocycles. The third kappa shape index (κ3) is 2.94. The summed E-state index contributed by atoms with van der Waals surface area (Å²) in [7, 11) is 0. The maximum atomic E-state index is 10.3. The number of hydrogen-bond donors (Lipinski definition) is 4. The fraction of sp³-hybridized carbons (Fsp3) is 0. The normalized spacial score (nSPS) is 8.29. The van der Waals surface area contributed by atoms with Gasteiger partial charge in [0.05, 0.1) is 5.56 Å². The minimum atomic E-state index is -1.29. The van der Waals surface area contributed by atoms with E-state index in [1.165, 1.54) is 0 Å².